The third-order valence-electron chi connectivity index (χ3n) is 4.85. The van der Waals surface area contributed by atoms with Gasteiger partial charge in [-0.15, -0.1) is 0 Å². The van der Waals surface area contributed by atoms with Crippen molar-refractivity contribution in [3.8, 4) is 0 Å². The number of hydrogen-bond acceptors (Lipinski definition) is 6. The Labute approximate surface area is 168 Å². The largest absolute Gasteiger partial charge is 0.462 e. The molecule has 0 radical (unpaired) electrons. The maximum absolute atomic E-state index is 12.6. The summed E-state index contributed by atoms with van der Waals surface area (Å²) in [7, 11) is 0. The molecule has 2 aromatic carbocycles. The highest BCUT2D eigenvalue weighted by Gasteiger charge is 2.46. The Bertz CT molecular complexity index is 1110. The first-order chi connectivity index (χ1) is 13.9. The Balaban J connectivity index is 1.75. The minimum atomic E-state index is -1.47. The molecule has 7 heteroatoms. The average molecular weight is 390 g/mol. The molecule has 0 saturated carbocycles. The van der Waals surface area contributed by atoms with Gasteiger partial charge >= 0.3 is 5.97 Å². The maximum atomic E-state index is 12.6. The Morgan fingerprint density at radius 1 is 1.10 bits per heavy atom. The number of carbonyl (C=O) groups excluding carboxylic acids is 2. The van der Waals surface area contributed by atoms with Crippen molar-refractivity contribution in [1.29, 1.82) is 0 Å². The zero-order valence-corrected chi connectivity index (χ0v) is 16.2. The summed E-state index contributed by atoms with van der Waals surface area (Å²) in [5.74, 6) is -0.900. The molecule has 4 N–H and O–H groups in total. The maximum Gasteiger partial charge on any atom is 0.340 e. The highest BCUT2D eigenvalue weighted by atomic mass is 16.5. The molecule has 7 nitrogen and oxygen atoms in total. The Morgan fingerprint density at radius 2 is 1.86 bits per heavy atom. The Morgan fingerprint density at radius 3 is 2.59 bits per heavy atom. The lowest BCUT2D eigenvalue weighted by atomic mass is 10.0. The first-order valence-electron chi connectivity index (χ1n) is 9.42. The predicted octanol–water partition coefficient (Wildman–Crippen LogP) is 3.22. The van der Waals surface area contributed by atoms with Crippen LogP contribution in [0.25, 0.3) is 10.8 Å². The van der Waals surface area contributed by atoms with Crippen LogP contribution in [-0.2, 0) is 15.2 Å². The van der Waals surface area contributed by atoms with Crippen molar-refractivity contribution in [2.24, 2.45) is 11.7 Å². The molecule has 1 atom stereocenters. The van der Waals surface area contributed by atoms with E-state index in [-0.39, 0.29) is 5.92 Å². The van der Waals surface area contributed by atoms with Crippen molar-refractivity contribution in [1.82, 2.24) is 4.98 Å². The molecule has 0 fully saturated rings. The third kappa shape index (κ3) is 3.24. The van der Waals surface area contributed by atoms with Crippen molar-refractivity contribution in [2.75, 3.05) is 17.2 Å². The first-order valence-corrected chi connectivity index (χ1v) is 9.42. The van der Waals surface area contributed by atoms with Crippen molar-refractivity contribution in [2.45, 2.75) is 19.5 Å². The van der Waals surface area contributed by atoms with E-state index in [1.165, 1.54) is 0 Å². The summed E-state index contributed by atoms with van der Waals surface area (Å²) in [6.45, 7) is 4.24. The van der Waals surface area contributed by atoms with E-state index in [1.54, 1.807) is 24.4 Å². The van der Waals surface area contributed by atoms with E-state index in [4.69, 9.17) is 10.5 Å². The molecule has 29 heavy (non-hydrogen) atoms. The van der Waals surface area contributed by atoms with Gasteiger partial charge in [-0.1, -0.05) is 44.2 Å². The van der Waals surface area contributed by atoms with Crippen LogP contribution in [0.3, 0.4) is 0 Å². The van der Waals surface area contributed by atoms with Crippen LogP contribution in [0.5, 0.6) is 0 Å². The lowest BCUT2D eigenvalue weighted by Gasteiger charge is -2.27. The molecule has 0 spiro atoms. The number of nitrogens with two attached hydrogens (primary N) is 1. The number of aromatic nitrogens is 1. The second-order valence-corrected chi connectivity index (χ2v) is 7.50. The zero-order chi connectivity index (χ0) is 20.6. The van der Waals surface area contributed by atoms with Crippen LogP contribution in [-0.4, -0.2) is 23.5 Å². The molecule has 3 aromatic rings. The fraction of sp³-hybridized carbons (Fsp3) is 0.227. The number of nitrogens with zero attached hydrogens (tertiary/aromatic N) is 1. The SMILES string of the molecule is CC(C)COC(=O)c1cccc2c1NC(C(N)=O)(c1cc3ccccc3cn1)N2. The van der Waals surface area contributed by atoms with E-state index in [0.717, 1.165) is 10.8 Å². The number of fused-ring (bicyclic) bond motifs is 2. The van der Waals surface area contributed by atoms with Crippen LogP contribution < -0.4 is 16.4 Å². The number of primary amides is 1. The summed E-state index contributed by atoms with van der Waals surface area (Å²) >= 11 is 0. The summed E-state index contributed by atoms with van der Waals surface area (Å²) in [6.07, 6.45) is 1.69. The topological polar surface area (TPSA) is 106 Å². The van der Waals surface area contributed by atoms with Gasteiger partial charge in [0.05, 0.1) is 29.2 Å². The monoisotopic (exact) mass is 390 g/mol. The zero-order valence-electron chi connectivity index (χ0n) is 16.2. The number of hydrogen-bond donors (Lipinski definition) is 3. The Kier molecular flexibility index (Phi) is 4.58. The number of amides is 1. The van der Waals surface area contributed by atoms with Gasteiger partial charge in [0.2, 0.25) is 5.66 Å². The molecule has 0 saturated heterocycles. The lowest BCUT2D eigenvalue weighted by molar-refractivity contribution is -0.121. The van der Waals surface area contributed by atoms with E-state index < -0.39 is 17.5 Å². The van der Waals surface area contributed by atoms with Crippen LogP contribution >= 0.6 is 0 Å². The molecule has 2 heterocycles. The van der Waals surface area contributed by atoms with Crippen LogP contribution in [0.15, 0.2) is 54.7 Å². The number of anilines is 2. The molecule has 1 aliphatic heterocycles. The molecular weight excluding hydrogens is 368 g/mol. The predicted molar refractivity (Wildman–Crippen MR) is 111 cm³/mol. The smallest absolute Gasteiger partial charge is 0.340 e. The van der Waals surface area contributed by atoms with Gasteiger partial charge < -0.3 is 21.1 Å². The van der Waals surface area contributed by atoms with Gasteiger partial charge in [0.25, 0.3) is 5.91 Å². The van der Waals surface area contributed by atoms with Crippen LogP contribution in [0.1, 0.15) is 29.9 Å². The first kappa shape index (κ1) is 18.7. The van der Waals surface area contributed by atoms with Gasteiger partial charge in [-0.2, -0.15) is 0 Å². The summed E-state index contributed by atoms with van der Waals surface area (Å²) in [4.78, 5) is 29.6. The van der Waals surface area contributed by atoms with E-state index >= 15 is 0 Å². The van der Waals surface area contributed by atoms with Gasteiger partial charge in [-0.3, -0.25) is 9.78 Å². The summed E-state index contributed by atoms with van der Waals surface area (Å²) in [5.41, 5.74) is 6.12. The Hall–Kier alpha value is -3.61. The van der Waals surface area contributed by atoms with Gasteiger partial charge in [-0.05, 0) is 29.5 Å². The molecule has 1 amide bonds. The third-order valence-corrected chi connectivity index (χ3v) is 4.85. The van der Waals surface area contributed by atoms with Crippen molar-refractivity contribution in [3.05, 3.63) is 66.0 Å². The molecule has 148 valence electrons. The van der Waals surface area contributed by atoms with Gasteiger partial charge in [0, 0.05) is 11.6 Å². The molecule has 1 aliphatic rings. The highest BCUT2D eigenvalue weighted by molar-refractivity contribution is 6.05. The second kappa shape index (κ2) is 7.09. The van der Waals surface area contributed by atoms with E-state index in [1.807, 2.05) is 44.2 Å². The highest BCUT2D eigenvalue weighted by Crippen LogP contribution is 2.41. The minimum Gasteiger partial charge on any atom is -0.462 e. The number of pyridine rings is 1. The van der Waals surface area contributed by atoms with E-state index in [0.29, 0.717) is 29.2 Å². The van der Waals surface area contributed by atoms with Crippen molar-refractivity contribution >= 4 is 34.0 Å². The molecular formula is C22H22N4O3. The fourth-order valence-corrected chi connectivity index (χ4v) is 3.37. The van der Waals surface area contributed by atoms with Crippen LogP contribution in [0, 0.1) is 5.92 Å². The van der Waals surface area contributed by atoms with E-state index in [9.17, 15) is 9.59 Å². The van der Waals surface area contributed by atoms with Crippen LogP contribution in [0.2, 0.25) is 0 Å². The molecule has 0 bridgehead atoms. The van der Waals surface area contributed by atoms with E-state index in [2.05, 4.69) is 15.6 Å². The van der Waals surface area contributed by atoms with Crippen molar-refractivity contribution < 1.29 is 14.3 Å². The summed E-state index contributed by atoms with van der Waals surface area (Å²) in [6, 6.07) is 14.7. The number of nitrogens with one attached hydrogen (secondary N) is 2. The standard InChI is InChI=1S/C22H22N4O3/c1-13(2)12-29-20(27)16-8-5-9-17-19(16)26-22(25-17,21(23)28)18-10-14-6-3-4-7-15(14)11-24-18/h3-11,13,25-26H,12H2,1-2H3,(H2,23,28). The fourth-order valence-electron chi connectivity index (χ4n) is 3.37. The van der Waals surface area contributed by atoms with Gasteiger partial charge in [-0.25, -0.2) is 4.79 Å². The lowest BCUT2D eigenvalue weighted by Crippen LogP contribution is -2.51. The number of benzene rings is 2. The van der Waals surface area contributed by atoms with Gasteiger partial charge in [0.15, 0.2) is 0 Å². The molecule has 1 aromatic heterocycles. The number of para-hydroxylation sites is 1. The number of carbonyl (C=O) groups is 2. The summed E-state index contributed by atoms with van der Waals surface area (Å²) in [5, 5.41) is 8.12. The summed E-state index contributed by atoms with van der Waals surface area (Å²) < 4.78 is 5.37. The number of ether oxygens (including phenoxy) is 1. The normalized spacial score (nSPS) is 17.5. The quantitative estimate of drug-likeness (QED) is 0.578. The van der Waals surface area contributed by atoms with Crippen LogP contribution in [0.4, 0.5) is 11.4 Å². The number of esters is 1. The average Bonchev–Trinajstić information content (AvgIpc) is 3.12. The van der Waals surface area contributed by atoms with Crippen molar-refractivity contribution in [3.63, 3.8) is 0 Å². The minimum absolute atomic E-state index is 0.216. The van der Waals surface area contributed by atoms with Gasteiger partial charge in [0.1, 0.15) is 0 Å². The molecule has 4 rings (SSSR count). The molecule has 1 unspecified atom stereocenters. The molecule has 0 aliphatic carbocycles. The number of rotatable bonds is 5. The second-order valence-electron chi connectivity index (χ2n) is 7.50.